The fraction of sp³-hybridized carbons (Fsp3) is 0.464. The van der Waals surface area contributed by atoms with E-state index in [-0.39, 0.29) is 12.2 Å². The molecule has 2 aromatic rings. The van der Waals surface area contributed by atoms with E-state index in [2.05, 4.69) is 5.16 Å². The lowest BCUT2D eigenvalue weighted by atomic mass is 9.91. The Morgan fingerprint density at radius 2 is 1.29 bits per heavy atom. The summed E-state index contributed by atoms with van der Waals surface area (Å²) >= 11 is 0. The van der Waals surface area contributed by atoms with Crippen LogP contribution in [0.4, 0.5) is 26.3 Å². The first-order valence-corrected chi connectivity index (χ1v) is 12.5. The molecule has 0 aromatic heterocycles. The monoisotopic (exact) mass is 591 g/mol. The number of hydrogen-bond donors (Lipinski definition) is 1. The first kappa shape index (κ1) is 32.5. The summed E-state index contributed by atoms with van der Waals surface area (Å²) in [5, 5.41) is 13.5. The summed E-state index contributed by atoms with van der Waals surface area (Å²) in [5.41, 5.74) is -4.58. The molecular formula is C28H31F6NO6. The van der Waals surface area contributed by atoms with Gasteiger partial charge in [-0.1, -0.05) is 65.8 Å². The van der Waals surface area contributed by atoms with E-state index in [0.717, 1.165) is 12.1 Å². The van der Waals surface area contributed by atoms with Crippen LogP contribution in [-0.4, -0.2) is 75.2 Å². The number of methoxy groups -OCH3 is 2. The average Bonchev–Trinajstić information content (AvgIpc) is 2.91. The molecule has 226 valence electrons. The molecule has 1 N–H and O–H groups in total. The molecule has 41 heavy (non-hydrogen) atoms. The molecule has 1 aliphatic rings. The zero-order chi connectivity index (χ0) is 30.4. The van der Waals surface area contributed by atoms with E-state index >= 15 is 0 Å². The maximum absolute atomic E-state index is 13.1. The van der Waals surface area contributed by atoms with E-state index in [4.69, 9.17) is 23.8 Å². The van der Waals surface area contributed by atoms with E-state index in [1.165, 1.54) is 19.4 Å². The Morgan fingerprint density at radius 3 is 1.76 bits per heavy atom. The molecule has 0 aliphatic carbocycles. The number of ether oxygens (including phenoxy) is 4. The van der Waals surface area contributed by atoms with Crippen molar-refractivity contribution in [1.82, 2.24) is 0 Å². The number of oxime groups is 1. The molecule has 13 heteroatoms. The topological polar surface area (TPSA) is 78.7 Å². The second-order valence-corrected chi connectivity index (χ2v) is 9.20. The van der Waals surface area contributed by atoms with E-state index < -0.39 is 42.0 Å². The third kappa shape index (κ3) is 7.28. The maximum Gasteiger partial charge on any atom is 0.430 e. The zero-order valence-corrected chi connectivity index (χ0v) is 22.6. The molecule has 0 radical (unpaired) electrons. The molecular weight excluding hydrogens is 560 g/mol. The first-order valence-electron chi connectivity index (χ1n) is 12.5. The summed E-state index contributed by atoms with van der Waals surface area (Å²) < 4.78 is 101. The van der Waals surface area contributed by atoms with Gasteiger partial charge in [0.15, 0.2) is 6.10 Å². The minimum atomic E-state index is -5.94. The Kier molecular flexibility index (Phi) is 10.6. The standard InChI is InChI=1S/C28H31F6NO6/c1-5-39-23-22(37-3)17(2)40-25(24(23)38-4)41-35-16-20-10-8-18(9-11-20)6-7-19-12-14-21(15-13-19)26(36,27(29,30)31)28(32,33)34/h6-17,22-25,36H,5H2,1-4H3/b7-6+,35-16?/t17-,22-,23+,24+,25-/m0/s1. The van der Waals surface area contributed by atoms with Gasteiger partial charge in [0.2, 0.25) is 0 Å². The van der Waals surface area contributed by atoms with Gasteiger partial charge in [-0.05, 0) is 30.5 Å². The smallest absolute Gasteiger partial charge is 0.376 e. The van der Waals surface area contributed by atoms with Gasteiger partial charge in [0, 0.05) is 26.4 Å². The second-order valence-electron chi connectivity index (χ2n) is 9.20. The molecule has 2 aromatic carbocycles. The highest BCUT2D eigenvalue weighted by molar-refractivity contribution is 5.80. The van der Waals surface area contributed by atoms with Crippen LogP contribution in [0, 0.1) is 0 Å². The van der Waals surface area contributed by atoms with Gasteiger partial charge in [0.25, 0.3) is 11.9 Å². The average molecular weight is 592 g/mol. The molecule has 1 heterocycles. The van der Waals surface area contributed by atoms with Crippen LogP contribution in [0.5, 0.6) is 0 Å². The Bertz CT molecular complexity index is 1150. The molecule has 5 atom stereocenters. The molecule has 1 fully saturated rings. The van der Waals surface area contributed by atoms with Crippen LogP contribution in [0.25, 0.3) is 12.2 Å². The fourth-order valence-electron chi connectivity index (χ4n) is 4.37. The van der Waals surface area contributed by atoms with Crippen molar-refractivity contribution in [3.8, 4) is 0 Å². The van der Waals surface area contributed by atoms with E-state index in [9.17, 15) is 31.4 Å². The van der Waals surface area contributed by atoms with Crippen LogP contribution >= 0.6 is 0 Å². The summed E-state index contributed by atoms with van der Waals surface area (Å²) in [6.07, 6.45) is -9.85. The normalized spacial score (nSPS) is 24.3. The number of rotatable bonds is 10. The summed E-state index contributed by atoms with van der Waals surface area (Å²) in [7, 11) is 3.07. The van der Waals surface area contributed by atoms with Crippen molar-refractivity contribution in [2.24, 2.45) is 5.16 Å². The minimum Gasteiger partial charge on any atom is -0.376 e. The third-order valence-corrected chi connectivity index (χ3v) is 6.55. The van der Waals surface area contributed by atoms with Gasteiger partial charge in [-0.3, -0.25) is 0 Å². The molecule has 7 nitrogen and oxygen atoms in total. The summed E-state index contributed by atoms with van der Waals surface area (Å²) in [6.45, 7) is 4.13. The quantitative estimate of drug-likeness (QED) is 0.165. The molecule has 0 bridgehead atoms. The molecule has 3 rings (SSSR count). The lowest BCUT2D eigenvalue weighted by Gasteiger charge is -2.42. The summed E-state index contributed by atoms with van der Waals surface area (Å²) in [6, 6.07) is 10.2. The van der Waals surface area contributed by atoms with Crippen molar-refractivity contribution in [3.63, 3.8) is 0 Å². The minimum absolute atomic E-state index is 0.329. The predicted molar refractivity (Wildman–Crippen MR) is 138 cm³/mol. The number of benzene rings is 2. The van der Waals surface area contributed by atoms with E-state index in [0.29, 0.717) is 35.4 Å². The van der Waals surface area contributed by atoms with E-state index in [1.807, 2.05) is 13.8 Å². The largest absolute Gasteiger partial charge is 0.430 e. The SMILES string of the molecule is CCO[C@@H]1[C@@H](OC)[C@H](C)O[C@@H](ON=Cc2ccc(/C=C/c3ccc(C(O)(C(F)(F)F)C(F)(F)F)cc3)cc2)[C@@H]1OC. The fourth-order valence-corrected chi connectivity index (χ4v) is 4.37. The van der Waals surface area contributed by atoms with Gasteiger partial charge in [0.1, 0.15) is 12.2 Å². The number of alkyl halides is 6. The Labute approximate surface area is 233 Å². The van der Waals surface area contributed by atoms with Gasteiger partial charge in [0.05, 0.1) is 12.3 Å². The van der Waals surface area contributed by atoms with Crippen LogP contribution in [-0.2, 0) is 29.4 Å². The Balaban J connectivity index is 1.64. The number of hydrogen-bond acceptors (Lipinski definition) is 7. The van der Waals surface area contributed by atoms with Gasteiger partial charge in [-0.25, -0.2) is 0 Å². The highest BCUT2D eigenvalue weighted by atomic mass is 19.4. The lowest BCUT2D eigenvalue weighted by molar-refractivity contribution is -0.376. The van der Waals surface area contributed by atoms with Crippen LogP contribution in [0.3, 0.4) is 0 Å². The number of nitrogens with zero attached hydrogens (tertiary/aromatic N) is 1. The second kappa shape index (κ2) is 13.3. The van der Waals surface area contributed by atoms with E-state index in [1.54, 1.807) is 37.5 Å². The summed E-state index contributed by atoms with van der Waals surface area (Å²) in [4.78, 5) is 5.56. The Hall–Kier alpha value is -2.97. The third-order valence-electron chi connectivity index (χ3n) is 6.55. The van der Waals surface area contributed by atoms with Crippen molar-refractivity contribution >= 4 is 18.4 Å². The molecule has 0 spiro atoms. The van der Waals surface area contributed by atoms with Crippen LogP contribution in [0.1, 0.15) is 36.1 Å². The lowest BCUT2D eigenvalue weighted by Crippen LogP contribution is -2.59. The van der Waals surface area contributed by atoms with Crippen molar-refractivity contribution in [3.05, 3.63) is 70.8 Å². The molecule has 0 unspecified atom stereocenters. The highest BCUT2D eigenvalue weighted by Gasteiger charge is 2.71. The number of aliphatic hydroxyl groups is 1. The predicted octanol–water partition coefficient (Wildman–Crippen LogP) is 5.70. The molecule has 1 saturated heterocycles. The van der Waals surface area contributed by atoms with Crippen LogP contribution in [0.2, 0.25) is 0 Å². The van der Waals surface area contributed by atoms with Gasteiger partial charge < -0.3 is 28.9 Å². The molecule has 0 amide bonds. The van der Waals surface area contributed by atoms with Crippen molar-refractivity contribution < 1.29 is 55.2 Å². The highest BCUT2D eigenvalue weighted by Crippen LogP contribution is 2.50. The molecule has 1 aliphatic heterocycles. The van der Waals surface area contributed by atoms with Crippen molar-refractivity contribution in [2.45, 2.75) is 62.5 Å². The van der Waals surface area contributed by atoms with Gasteiger partial charge in [-0.2, -0.15) is 26.3 Å². The maximum atomic E-state index is 13.1. The van der Waals surface area contributed by atoms with Crippen molar-refractivity contribution in [1.29, 1.82) is 0 Å². The first-order chi connectivity index (χ1) is 19.3. The Morgan fingerprint density at radius 1 is 0.805 bits per heavy atom. The zero-order valence-electron chi connectivity index (χ0n) is 22.6. The van der Waals surface area contributed by atoms with Crippen LogP contribution in [0.15, 0.2) is 53.7 Å². The van der Waals surface area contributed by atoms with Crippen molar-refractivity contribution in [2.75, 3.05) is 20.8 Å². The number of halogens is 6. The van der Waals surface area contributed by atoms with Gasteiger partial charge >= 0.3 is 12.4 Å². The summed E-state index contributed by atoms with van der Waals surface area (Å²) in [5.74, 6) is 0. The van der Waals surface area contributed by atoms with Gasteiger partial charge in [-0.15, -0.1) is 0 Å². The molecule has 0 saturated carbocycles. The van der Waals surface area contributed by atoms with Crippen LogP contribution < -0.4 is 0 Å².